The molecule has 0 aliphatic heterocycles. The molecule has 0 atom stereocenters. The van der Waals surface area contributed by atoms with Gasteiger partial charge in [-0.1, -0.05) is 13.0 Å². The number of nitrogens with zero attached hydrogens (tertiary/aromatic N) is 2. The first-order chi connectivity index (χ1) is 5.81. The number of imidazole rings is 1. The Labute approximate surface area is 71.9 Å². The molecule has 0 aliphatic rings. The van der Waals surface area contributed by atoms with Crippen LogP contribution in [0.3, 0.4) is 0 Å². The lowest BCUT2D eigenvalue weighted by molar-refractivity contribution is 1.07. The highest BCUT2D eigenvalue weighted by Gasteiger charge is 2.00. The zero-order valence-electron chi connectivity index (χ0n) is 7.41. The highest BCUT2D eigenvalue weighted by Crippen LogP contribution is 2.09. The quantitative estimate of drug-likeness (QED) is 0.625. The summed E-state index contributed by atoms with van der Waals surface area (Å²) in [7, 11) is 0. The number of hydrogen-bond acceptors (Lipinski definition) is 1. The van der Waals surface area contributed by atoms with Crippen molar-refractivity contribution in [3.05, 3.63) is 35.8 Å². The third-order valence-corrected chi connectivity index (χ3v) is 2.09. The molecule has 0 saturated carbocycles. The van der Waals surface area contributed by atoms with Crippen LogP contribution in [0.1, 0.15) is 18.2 Å². The van der Waals surface area contributed by atoms with E-state index in [4.69, 9.17) is 0 Å². The van der Waals surface area contributed by atoms with E-state index in [1.54, 1.807) is 0 Å². The van der Waals surface area contributed by atoms with Crippen molar-refractivity contribution < 1.29 is 0 Å². The van der Waals surface area contributed by atoms with Crippen LogP contribution in [0.5, 0.6) is 0 Å². The van der Waals surface area contributed by atoms with Crippen molar-refractivity contribution in [1.82, 2.24) is 9.38 Å². The molecule has 0 unspecified atom stereocenters. The van der Waals surface area contributed by atoms with Gasteiger partial charge in [0.05, 0.1) is 5.69 Å². The van der Waals surface area contributed by atoms with Crippen molar-refractivity contribution in [3.63, 3.8) is 0 Å². The molecule has 0 aromatic carbocycles. The van der Waals surface area contributed by atoms with Gasteiger partial charge in [-0.15, -0.1) is 0 Å². The summed E-state index contributed by atoms with van der Waals surface area (Å²) in [6.07, 6.45) is 5.12. The zero-order valence-corrected chi connectivity index (χ0v) is 7.41. The predicted octanol–water partition coefficient (Wildman–Crippen LogP) is 2.21. The van der Waals surface area contributed by atoms with Gasteiger partial charge < -0.3 is 4.40 Å². The number of fused-ring (bicyclic) bond motifs is 1. The van der Waals surface area contributed by atoms with E-state index in [0.717, 1.165) is 17.8 Å². The summed E-state index contributed by atoms with van der Waals surface area (Å²) in [6, 6.07) is 4.13. The van der Waals surface area contributed by atoms with E-state index in [1.165, 1.54) is 5.56 Å². The number of hydrogen-bond donors (Lipinski definition) is 0. The van der Waals surface area contributed by atoms with Crippen LogP contribution >= 0.6 is 0 Å². The Balaban J connectivity index is 2.74. The van der Waals surface area contributed by atoms with Crippen molar-refractivity contribution in [1.29, 1.82) is 0 Å². The number of rotatable bonds is 1. The van der Waals surface area contributed by atoms with Gasteiger partial charge in [-0.3, -0.25) is 0 Å². The summed E-state index contributed by atoms with van der Waals surface area (Å²) in [5.74, 6) is 0. The van der Waals surface area contributed by atoms with E-state index in [-0.39, 0.29) is 0 Å². The molecule has 0 radical (unpaired) electrons. The normalized spacial score (nSPS) is 10.8. The molecule has 2 rings (SSSR count). The lowest BCUT2D eigenvalue weighted by Gasteiger charge is -1.93. The predicted molar refractivity (Wildman–Crippen MR) is 49.3 cm³/mol. The first-order valence-corrected chi connectivity index (χ1v) is 4.24. The standard InChI is InChI=1S/C10H12N2/c1-3-9-7-12-6-4-5-8(2)10(12)11-9/h4-7H,3H2,1-2H3. The van der Waals surface area contributed by atoms with Crippen LogP contribution in [-0.2, 0) is 6.42 Å². The molecule has 2 nitrogen and oxygen atoms in total. The average Bonchev–Trinajstić information content (AvgIpc) is 2.49. The van der Waals surface area contributed by atoms with Crippen LogP contribution in [-0.4, -0.2) is 9.38 Å². The molecule has 12 heavy (non-hydrogen) atoms. The Morgan fingerprint density at radius 1 is 1.50 bits per heavy atom. The second kappa shape index (κ2) is 2.63. The van der Waals surface area contributed by atoms with Crippen molar-refractivity contribution in [2.75, 3.05) is 0 Å². The van der Waals surface area contributed by atoms with Crippen molar-refractivity contribution >= 4 is 5.65 Å². The molecule has 0 N–H and O–H groups in total. The van der Waals surface area contributed by atoms with Gasteiger partial charge in [0, 0.05) is 12.4 Å². The Hall–Kier alpha value is -1.31. The van der Waals surface area contributed by atoms with Crippen LogP contribution in [0.15, 0.2) is 24.5 Å². The van der Waals surface area contributed by atoms with Gasteiger partial charge in [0.1, 0.15) is 5.65 Å². The third-order valence-electron chi connectivity index (χ3n) is 2.09. The van der Waals surface area contributed by atoms with Gasteiger partial charge in [-0.25, -0.2) is 4.98 Å². The largest absolute Gasteiger partial charge is 0.307 e. The highest BCUT2D eigenvalue weighted by molar-refractivity contribution is 5.47. The lowest BCUT2D eigenvalue weighted by Crippen LogP contribution is -1.83. The first-order valence-electron chi connectivity index (χ1n) is 4.24. The van der Waals surface area contributed by atoms with Gasteiger partial charge in [0.2, 0.25) is 0 Å². The SMILES string of the molecule is CCc1cn2cccc(C)c2n1. The first kappa shape index (κ1) is 7.35. The maximum absolute atomic E-state index is 4.49. The highest BCUT2D eigenvalue weighted by atomic mass is 15.0. The van der Waals surface area contributed by atoms with Gasteiger partial charge in [0.15, 0.2) is 0 Å². The summed E-state index contributed by atoms with van der Waals surface area (Å²) in [4.78, 5) is 4.49. The van der Waals surface area contributed by atoms with E-state index >= 15 is 0 Å². The van der Waals surface area contributed by atoms with Crippen LogP contribution in [0.2, 0.25) is 0 Å². The second-order valence-corrected chi connectivity index (χ2v) is 3.01. The molecule has 0 saturated heterocycles. The Morgan fingerprint density at radius 3 is 3.00 bits per heavy atom. The topological polar surface area (TPSA) is 17.3 Å². The van der Waals surface area contributed by atoms with Gasteiger partial charge in [0.25, 0.3) is 0 Å². The minimum absolute atomic E-state index is 1.00. The van der Waals surface area contributed by atoms with Crippen molar-refractivity contribution in [3.8, 4) is 0 Å². The summed E-state index contributed by atoms with van der Waals surface area (Å²) in [5.41, 5.74) is 3.47. The zero-order chi connectivity index (χ0) is 8.55. The summed E-state index contributed by atoms with van der Waals surface area (Å²) in [6.45, 7) is 4.21. The second-order valence-electron chi connectivity index (χ2n) is 3.01. The summed E-state index contributed by atoms with van der Waals surface area (Å²) < 4.78 is 2.08. The summed E-state index contributed by atoms with van der Waals surface area (Å²) in [5, 5.41) is 0. The molecule has 2 heterocycles. The average molecular weight is 160 g/mol. The maximum Gasteiger partial charge on any atom is 0.139 e. The van der Waals surface area contributed by atoms with Gasteiger partial charge in [-0.2, -0.15) is 0 Å². The minimum atomic E-state index is 1.00. The third kappa shape index (κ3) is 0.998. The Morgan fingerprint density at radius 2 is 2.33 bits per heavy atom. The van der Waals surface area contributed by atoms with Crippen molar-refractivity contribution in [2.24, 2.45) is 0 Å². The van der Waals surface area contributed by atoms with Crippen LogP contribution in [0.4, 0.5) is 0 Å². The van der Waals surface area contributed by atoms with E-state index in [1.807, 2.05) is 12.3 Å². The molecular weight excluding hydrogens is 148 g/mol. The molecule has 0 spiro atoms. The summed E-state index contributed by atoms with van der Waals surface area (Å²) >= 11 is 0. The van der Waals surface area contributed by atoms with E-state index < -0.39 is 0 Å². The van der Waals surface area contributed by atoms with E-state index in [2.05, 4.69) is 35.5 Å². The fraction of sp³-hybridized carbons (Fsp3) is 0.300. The number of aryl methyl sites for hydroxylation is 2. The van der Waals surface area contributed by atoms with E-state index in [0.29, 0.717) is 0 Å². The van der Waals surface area contributed by atoms with Gasteiger partial charge in [-0.05, 0) is 25.0 Å². The minimum Gasteiger partial charge on any atom is -0.307 e. The Kier molecular flexibility index (Phi) is 1.61. The fourth-order valence-corrected chi connectivity index (χ4v) is 1.37. The maximum atomic E-state index is 4.49. The Bertz CT molecular complexity index is 401. The monoisotopic (exact) mass is 160 g/mol. The molecule has 62 valence electrons. The van der Waals surface area contributed by atoms with Crippen molar-refractivity contribution in [2.45, 2.75) is 20.3 Å². The number of aromatic nitrogens is 2. The van der Waals surface area contributed by atoms with Crippen LogP contribution < -0.4 is 0 Å². The van der Waals surface area contributed by atoms with E-state index in [9.17, 15) is 0 Å². The molecule has 2 aromatic heterocycles. The van der Waals surface area contributed by atoms with Crippen LogP contribution in [0.25, 0.3) is 5.65 Å². The molecule has 2 aromatic rings. The van der Waals surface area contributed by atoms with Crippen LogP contribution in [0, 0.1) is 6.92 Å². The smallest absolute Gasteiger partial charge is 0.139 e. The fourth-order valence-electron chi connectivity index (χ4n) is 1.37. The molecular formula is C10H12N2. The molecule has 0 amide bonds. The van der Waals surface area contributed by atoms with Gasteiger partial charge >= 0.3 is 0 Å². The molecule has 0 fully saturated rings. The molecule has 0 bridgehead atoms. The number of pyridine rings is 1. The lowest BCUT2D eigenvalue weighted by atomic mass is 10.3. The molecule has 0 aliphatic carbocycles. The molecule has 2 heteroatoms.